The second kappa shape index (κ2) is 8.88. The molecule has 0 N–H and O–H groups in total. The van der Waals surface area contributed by atoms with Crippen molar-refractivity contribution >= 4 is 22.5 Å². The van der Waals surface area contributed by atoms with Gasteiger partial charge in [0, 0.05) is 38.1 Å². The van der Waals surface area contributed by atoms with E-state index in [4.69, 9.17) is 4.74 Å². The number of aromatic nitrogens is 1. The molecule has 0 saturated carbocycles. The number of methoxy groups -OCH3 is 1. The molecule has 2 aliphatic rings. The second-order valence-electron chi connectivity index (χ2n) is 8.24. The van der Waals surface area contributed by atoms with E-state index in [1.807, 2.05) is 24.4 Å². The zero-order valence-electron chi connectivity index (χ0n) is 17.8. The molecule has 2 saturated heterocycles. The first-order valence-corrected chi connectivity index (χ1v) is 10.7. The molecule has 0 bridgehead atoms. The molecule has 0 aliphatic carbocycles. The lowest BCUT2D eigenvalue weighted by Gasteiger charge is -2.38. The predicted octanol–water partition coefficient (Wildman–Crippen LogP) is 2.66. The highest BCUT2D eigenvalue weighted by atomic mass is 16.5. The highest BCUT2D eigenvalue weighted by Gasteiger charge is 2.31. The van der Waals surface area contributed by atoms with Crippen LogP contribution >= 0.6 is 0 Å². The number of carbonyl (C=O) groups is 1. The molecule has 4 rings (SSSR count). The fraction of sp³-hybridized carbons (Fsp3) is 0.522. The van der Waals surface area contributed by atoms with Crippen LogP contribution in [0.3, 0.4) is 0 Å². The number of anilines is 1. The lowest BCUT2D eigenvalue weighted by atomic mass is 10.0. The van der Waals surface area contributed by atoms with E-state index in [-0.39, 0.29) is 11.9 Å². The molecule has 7 nitrogen and oxygen atoms in total. The molecule has 0 radical (unpaired) electrons. The maximum atomic E-state index is 12.6. The second-order valence-corrected chi connectivity index (χ2v) is 8.24. The Balaban J connectivity index is 1.35. The Hall–Kier alpha value is -2.85. The molecule has 7 heteroatoms. The fourth-order valence-corrected chi connectivity index (χ4v) is 4.57. The van der Waals surface area contributed by atoms with Crippen LogP contribution in [0.2, 0.25) is 0 Å². The lowest BCUT2D eigenvalue weighted by molar-refractivity contribution is -0.132. The highest BCUT2D eigenvalue weighted by molar-refractivity contribution is 5.83. The summed E-state index contributed by atoms with van der Waals surface area (Å²) in [5.41, 5.74) is 2.05. The van der Waals surface area contributed by atoms with Crippen molar-refractivity contribution in [3.63, 3.8) is 0 Å². The fourth-order valence-electron chi connectivity index (χ4n) is 4.57. The first-order valence-electron chi connectivity index (χ1n) is 10.7. The van der Waals surface area contributed by atoms with Crippen molar-refractivity contribution in [1.82, 2.24) is 14.8 Å². The predicted molar refractivity (Wildman–Crippen MR) is 117 cm³/mol. The van der Waals surface area contributed by atoms with Gasteiger partial charge in [-0.25, -0.2) is 0 Å². The number of hydrogen-bond acceptors (Lipinski definition) is 6. The van der Waals surface area contributed by atoms with Crippen molar-refractivity contribution in [3.05, 3.63) is 30.5 Å². The molecule has 1 aromatic heterocycles. The van der Waals surface area contributed by atoms with Crippen LogP contribution in [0.15, 0.2) is 30.5 Å². The number of nitrogens with zero attached hydrogens (tertiary/aromatic N) is 5. The molecule has 3 heterocycles. The summed E-state index contributed by atoms with van der Waals surface area (Å²) in [6.07, 6.45) is 5.67. The van der Waals surface area contributed by atoms with Crippen molar-refractivity contribution in [2.24, 2.45) is 0 Å². The van der Waals surface area contributed by atoms with Gasteiger partial charge in [-0.05, 0) is 49.9 Å². The minimum atomic E-state index is -0.236. The topological polar surface area (TPSA) is 72.7 Å². The molecule has 1 unspecified atom stereocenters. The van der Waals surface area contributed by atoms with Crippen LogP contribution in [0, 0.1) is 11.3 Å². The van der Waals surface area contributed by atoms with Crippen molar-refractivity contribution in [3.8, 4) is 11.8 Å². The number of benzene rings is 1. The van der Waals surface area contributed by atoms with Crippen LogP contribution in [0.1, 0.15) is 25.7 Å². The summed E-state index contributed by atoms with van der Waals surface area (Å²) in [4.78, 5) is 23.5. The van der Waals surface area contributed by atoms with Gasteiger partial charge in [-0.15, -0.1) is 0 Å². The van der Waals surface area contributed by atoms with Gasteiger partial charge in [0.25, 0.3) is 0 Å². The number of pyridine rings is 1. The Morgan fingerprint density at radius 3 is 2.80 bits per heavy atom. The summed E-state index contributed by atoms with van der Waals surface area (Å²) in [6, 6.07) is 10.5. The number of likely N-dealkylation sites (tertiary alicyclic amines) is 2. The van der Waals surface area contributed by atoms with E-state index < -0.39 is 0 Å². The van der Waals surface area contributed by atoms with Crippen molar-refractivity contribution < 1.29 is 9.53 Å². The minimum absolute atomic E-state index is 0.0959. The van der Waals surface area contributed by atoms with E-state index in [0.29, 0.717) is 12.6 Å². The third kappa shape index (κ3) is 4.19. The zero-order chi connectivity index (χ0) is 21.1. The summed E-state index contributed by atoms with van der Waals surface area (Å²) < 4.78 is 5.34. The van der Waals surface area contributed by atoms with Gasteiger partial charge in [-0.3, -0.25) is 14.7 Å². The molecule has 30 heavy (non-hydrogen) atoms. The summed E-state index contributed by atoms with van der Waals surface area (Å²) in [5, 5.41) is 10.3. The third-order valence-electron chi connectivity index (χ3n) is 6.47. The van der Waals surface area contributed by atoms with Crippen LogP contribution in [0.5, 0.6) is 5.75 Å². The van der Waals surface area contributed by atoms with Crippen molar-refractivity contribution in [1.29, 1.82) is 5.26 Å². The first kappa shape index (κ1) is 20.4. The largest absolute Gasteiger partial charge is 0.497 e. The molecule has 2 fully saturated rings. The smallest absolute Gasteiger partial charge is 0.237 e. The molecule has 158 valence electrons. The molecule has 0 spiro atoms. The van der Waals surface area contributed by atoms with Gasteiger partial charge >= 0.3 is 0 Å². The number of carbonyl (C=O) groups excluding carboxylic acids is 1. The molecule has 1 atom stereocenters. The maximum absolute atomic E-state index is 12.6. The van der Waals surface area contributed by atoms with Crippen LogP contribution in [-0.4, -0.2) is 73.1 Å². The maximum Gasteiger partial charge on any atom is 0.237 e. The van der Waals surface area contributed by atoms with E-state index >= 15 is 0 Å². The molecular formula is C23H29N5O2. The summed E-state index contributed by atoms with van der Waals surface area (Å²) in [6.45, 7) is 2.92. The Morgan fingerprint density at radius 1 is 1.27 bits per heavy atom. The molecule has 2 aromatic rings. The normalized spacial score (nSPS) is 20.3. The van der Waals surface area contributed by atoms with E-state index in [1.165, 1.54) is 0 Å². The Bertz CT molecular complexity index is 948. The molecule has 2 aliphatic heterocycles. The van der Waals surface area contributed by atoms with Gasteiger partial charge in [-0.1, -0.05) is 0 Å². The summed E-state index contributed by atoms with van der Waals surface area (Å²) in [5.74, 6) is 0.928. The van der Waals surface area contributed by atoms with E-state index in [9.17, 15) is 10.1 Å². The van der Waals surface area contributed by atoms with Crippen LogP contribution in [0.4, 0.5) is 5.69 Å². The highest BCUT2D eigenvalue weighted by Crippen LogP contribution is 2.27. The number of nitriles is 1. The number of amides is 1. The quantitative estimate of drug-likeness (QED) is 0.759. The Kier molecular flexibility index (Phi) is 6.05. The van der Waals surface area contributed by atoms with Gasteiger partial charge in [0.05, 0.1) is 37.1 Å². The van der Waals surface area contributed by atoms with E-state index in [1.54, 1.807) is 12.0 Å². The first-order chi connectivity index (χ1) is 14.6. The molecular weight excluding hydrogens is 378 g/mol. The van der Waals surface area contributed by atoms with Crippen LogP contribution in [-0.2, 0) is 4.79 Å². The van der Waals surface area contributed by atoms with Crippen molar-refractivity contribution in [2.75, 3.05) is 45.2 Å². The number of rotatable bonds is 5. The van der Waals surface area contributed by atoms with Crippen LogP contribution in [0.25, 0.3) is 10.9 Å². The van der Waals surface area contributed by atoms with Gasteiger partial charge in [0.2, 0.25) is 5.91 Å². The zero-order valence-corrected chi connectivity index (χ0v) is 17.8. The van der Waals surface area contributed by atoms with Crippen molar-refractivity contribution in [2.45, 2.75) is 37.8 Å². The SMILES string of the molecule is COc1ccc2ncc(N(C)C3CCN(CC(=O)N4CCCC4C#N)CC3)cc2c1. The third-order valence-corrected chi connectivity index (χ3v) is 6.47. The Morgan fingerprint density at radius 2 is 2.07 bits per heavy atom. The summed E-state index contributed by atoms with van der Waals surface area (Å²) >= 11 is 0. The number of piperidine rings is 1. The average molecular weight is 408 g/mol. The van der Waals surface area contributed by atoms with Gasteiger partial charge in [-0.2, -0.15) is 5.26 Å². The van der Waals surface area contributed by atoms with Gasteiger partial charge < -0.3 is 14.5 Å². The van der Waals surface area contributed by atoms with Gasteiger partial charge in [0.1, 0.15) is 11.8 Å². The number of hydrogen-bond donors (Lipinski definition) is 0. The lowest BCUT2D eigenvalue weighted by Crippen LogP contribution is -2.48. The Labute approximate surface area is 177 Å². The number of fused-ring (bicyclic) bond motifs is 1. The average Bonchev–Trinajstić information content (AvgIpc) is 3.27. The van der Waals surface area contributed by atoms with Gasteiger partial charge in [0.15, 0.2) is 0 Å². The summed E-state index contributed by atoms with van der Waals surface area (Å²) in [7, 11) is 3.80. The van der Waals surface area contributed by atoms with E-state index in [0.717, 1.165) is 67.7 Å². The molecule has 1 amide bonds. The monoisotopic (exact) mass is 407 g/mol. The molecule has 1 aromatic carbocycles. The standard InChI is InChI=1S/C23H29N5O2/c1-26(20-12-17-13-21(30-2)5-6-22(17)25-15-20)18-7-10-27(11-8-18)16-23(29)28-9-3-4-19(28)14-24/h5-6,12-13,15,18-19H,3-4,7-11,16H2,1-2H3. The minimum Gasteiger partial charge on any atom is -0.497 e. The van der Waals surface area contributed by atoms with Crippen LogP contribution < -0.4 is 9.64 Å². The number of ether oxygens (including phenoxy) is 1. The van der Waals surface area contributed by atoms with E-state index in [2.05, 4.69) is 34.0 Å².